The van der Waals surface area contributed by atoms with Gasteiger partial charge in [-0.1, -0.05) is 66.7 Å². The van der Waals surface area contributed by atoms with Crippen molar-refractivity contribution in [3.8, 4) is 16.8 Å². The molecule has 33 heavy (non-hydrogen) atoms. The summed E-state index contributed by atoms with van der Waals surface area (Å²) < 4.78 is 8.50. The van der Waals surface area contributed by atoms with Crippen LogP contribution in [0.1, 0.15) is 5.56 Å². The summed E-state index contributed by atoms with van der Waals surface area (Å²) in [6.07, 6.45) is 0. The van der Waals surface area contributed by atoms with Crippen LogP contribution in [-0.4, -0.2) is 4.57 Å². The zero-order chi connectivity index (χ0) is 21.9. The highest BCUT2D eigenvalue weighted by Gasteiger charge is 2.17. The Morgan fingerprint density at radius 3 is 2.27 bits per heavy atom. The van der Waals surface area contributed by atoms with Gasteiger partial charge in [-0.3, -0.25) is 0 Å². The maximum atomic E-state index is 6.14. The fourth-order valence-corrected chi connectivity index (χ4v) is 5.29. The molecule has 0 radical (unpaired) electrons. The van der Waals surface area contributed by atoms with Gasteiger partial charge in [-0.05, 0) is 66.1 Å². The summed E-state index contributed by atoms with van der Waals surface area (Å²) in [5, 5.41) is 4.92. The molecule has 156 valence electrons. The molecule has 2 aromatic heterocycles. The van der Waals surface area contributed by atoms with E-state index in [2.05, 4.69) is 121 Å². The minimum atomic E-state index is 0.932. The van der Waals surface area contributed by atoms with E-state index in [0.29, 0.717) is 0 Å². The van der Waals surface area contributed by atoms with Gasteiger partial charge in [0.15, 0.2) is 0 Å². The summed E-state index contributed by atoms with van der Waals surface area (Å²) in [6.45, 7) is 2.15. The summed E-state index contributed by atoms with van der Waals surface area (Å²) in [4.78, 5) is 0. The molecule has 0 aliphatic rings. The number of aromatic nitrogens is 1. The van der Waals surface area contributed by atoms with E-state index >= 15 is 0 Å². The highest BCUT2D eigenvalue weighted by molar-refractivity contribution is 6.17. The van der Waals surface area contributed by atoms with E-state index in [1.54, 1.807) is 0 Å². The maximum absolute atomic E-state index is 6.14. The molecule has 0 saturated heterocycles. The second-order valence-corrected chi connectivity index (χ2v) is 8.65. The summed E-state index contributed by atoms with van der Waals surface area (Å²) >= 11 is 0. The predicted molar refractivity (Wildman–Crippen MR) is 138 cm³/mol. The van der Waals surface area contributed by atoms with Crippen LogP contribution in [0.15, 0.2) is 114 Å². The molecule has 0 bridgehead atoms. The molecule has 0 aliphatic heterocycles. The van der Waals surface area contributed by atoms with Crippen LogP contribution in [0.3, 0.4) is 0 Å². The molecule has 0 N–H and O–H groups in total. The Bertz CT molecular complexity index is 1820. The summed E-state index contributed by atoms with van der Waals surface area (Å²) in [7, 11) is 0. The van der Waals surface area contributed by atoms with Crippen molar-refractivity contribution in [1.82, 2.24) is 4.57 Å². The molecular formula is C31H21NO. The van der Waals surface area contributed by atoms with Crippen LogP contribution in [0.4, 0.5) is 0 Å². The molecular weight excluding hydrogens is 402 g/mol. The molecule has 0 saturated carbocycles. The lowest BCUT2D eigenvalue weighted by Crippen LogP contribution is -1.92. The maximum Gasteiger partial charge on any atom is 0.135 e. The summed E-state index contributed by atoms with van der Waals surface area (Å²) in [5.41, 5.74) is 9.17. The average Bonchev–Trinajstić information content (AvgIpc) is 3.40. The monoisotopic (exact) mass is 423 g/mol. The first kappa shape index (κ1) is 18.3. The molecule has 0 amide bonds. The minimum Gasteiger partial charge on any atom is -0.456 e. The highest BCUT2D eigenvalue weighted by Crippen LogP contribution is 2.40. The average molecular weight is 424 g/mol. The van der Waals surface area contributed by atoms with Gasteiger partial charge in [0.2, 0.25) is 0 Å². The van der Waals surface area contributed by atoms with E-state index in [0.717, 1.165) is 11.2 Å². The Morgan fingerprint density at radius 1 is 0.576 bits per heavy atom. The molecule has 0 atom stereocenters. The highest BCUT2D eigenvalue weighted by atomic mass is 16.3. The van der Waals surface area contributed by atoms with Gasteiger partial charge in [0.1, 0.15) is 11.2 Å². The number of fused-ring (bicyclic) bond motifs is 6. The van der Waals surface area contributed by atoms with E-state index < -0.39 is 0 Å². The second-order valence-electron chi connectivity index (χ2n) is 8.65. The van der Waals surface area contributed by atoms with Crippen LogP contribution in [0, 0.1) is 6.92 Å². The van der Waals surface area contributed by atoms with Crippen LogP contribution in [0.5, 0.6) is 0 Å². The van der Waals surface area contributed by atoms with Crippen molar-refractivity contribution in [3.05, 3.63) is 115 Å². The van der Waals surface area contributed by atoms with Crippen LogP contribution < -0.4 is 0 Å². The first-order valence-corrected chi connectivity index (χ1v) is 11.3. The summed E-state index contributed by atoms with van der Waals surface area (Å²) in [5.74, 6) is 0. The van der Waals surface area contributed by atoms with E-state index in [-0.39, 0.29) is 0 Å². The Hall–Kier alpha value is -4.30. The number of furan rings is 1. The Balaban J connectivity index is 1.58. The Labute approximate surface area is 191 Å². The fraction of sp³-hybridized carbons (Fsp3) is 0.0323. The second kappa shape index (κ2) is 6.85. The molecule has 2 heterocycles. The van der Waals surface area contributed by atoms with Crippen molar-refractivity contribution in [2.75, 3.05) is 0 Å². The van der Waals surface area contributed by atoms with E-state index in [1.165, 1.54) is 55.0 Å². The van der Waals surface area contributed by atoms with E-state index in [9.17, 15) is 0 Å². The molecule has 0 unspecified atom stereocenters. The molecule has 5 aromatic carbocycles. The SMILES string of the molecule is Cc1cccc2oc3ccc(-c4cccc5c4c4ccccc4n5-c4ccccc4)cc3c12. The zero-order valence-electron chi connectivity index (χ0n) is 18.2. The number of para-hydroxylation sites is 2. The van der Waals surface area contributed by atoms with Crippen LogP contribution in [0.25, 0.3) is 60.6 Å². The van der Waals surface area contributed by atoms with E-state index in [1.807, 2.05) is 0 Å². The van der Waals surface area contributed by atoms with Gasteiger partial charge in [0.05, 0.1) is 11.0 Å². The standard InChI is InChI=1S/C31H21NO/c1-20-9-7-16-29-30(20)25-19-21(17-18-28(25)33-29)23-13-8-15-27-31(23)24-12-5-6-14-26(24)32(27)22-10-3-2-4-11-22/h2-19H,1H3. The van der Waals surface area contributed by atoms with Gasteiger partial charge >= 0.3 is 0 Å². The number of rotatable bonds is 2. The number of nitrogens with zero attached hydrogens (tertiary/aromatic N) is 1. The predicted octanol–water partition coefficient (Wildman–Crippen LogP) is 8.66. The largest absolute Gasteiger partial charge is 0.456 e. The molecule has 0 fully saturated rings. The lowest BCUT2D eigenvalue weighted by atomic mass is 9.97. The van der Waals surface area contributed by atoms with Crippen LogP contribution in [-0.2, 0) is 0 Å². The normalized spacial score (nSPS) is 11.8. The number of benzene rings is 5. The lowest BCUT2D eigenvalue weighted by Gasteiger charge is -2.09. The molecule has 2 nitrogen and oxygen atoms in total. The quantitative estimate of drug-likeness (QED) is 0.272. The Morgan fingerprint density at radius 2 is 1.36 bits per heavy atom. The molecule has 7 aromatic rings. The van der Waals surface area contributed by atoms with Gasteiger partial charge < -0.3 is 8.98 Å². The third-order valence-corrected chi connectivity index (χ3v) is 6.73. The zero-order valence-corrected chi connectivity index (χ0v) is 18.2. The Kier molecular flexibility index (Phi) is 3.80. The summed E-state index contributed by atoms with van der Waals surface area (Å²) in [6, 6.07) is 38.8. The topological polar surface area (TPSA) is 18.1 Å². The number of hydrogen-bond donors (Lipinski definition) is 0. The van der Waals surface area contributed by atoms with Crippen molar-refractivity contribution in [2.24, 2.45) is 0 Å². The van der Waals surface area contributed by atoms with E-state index in [4.69, 9.17) is 4.42 Å². The number of aryl methyl sites for hydroxylation is 1. The molecule has 0 aliphatic carbocycles. The van der Waals surface area contributed by atoms with Gasteiger partial charge in [0.25, 0.3) is 0 Å². The molecule has 0 spiro atoms. The third-order valence-electron chi connectivity index (χ3n) is 6.73. The number of hydrogen-bond acceptors (Lipinski definition) is 1. The molecule has 2 heteroatoms. The van der Waals surface area contributed by atoms with Crippen molar-refractivity contribution in [3.63, 3.8) is 0 Å². The smallest absolute Gasteiger partial charge is 0.135 e. The van der Waals surface area contributed by atoms with Gasteiger partial charge in [-0.15, -0.1) is 0 Å². The van der Waals surface area contributed by atoms with Gasteiger partial charge in [-0.25, -0.2) is 0 Å². The first-order chi connectivity index (χ1) is 16.3. The first-order valence-electron chi connectivity index (χ1n) is 11.3. The fourth-order valence-electron chi connectivity index (χ4n) is 5.29. The van der Waals surface area contributed by atoms with Crippen LogP contribution >= 0.6 is 0 Å². The minimum absolute atomic E-state index is 0.932. The lowest BCUT2D eigenvalue weighted by molar-refractivity contribution is 0.669. The van der Waals surface area contributed by atoms with Crippen molar-refractivity contribution < 1.29 is 4.42 Å². The van der Waals surface area contributed by atoms with Crippen molar-refractivity contribution in [2.45, 2.75) is 6.92 Å². The molecule has 7 rings (SSSR count). The van der Waals surface area contributed by atoms with Gasteiger partial charge in [0, 0.05) is 27.2 Å². The van der Waals surface area contributed by atoms with Crippen LogP contribution in [0.2, 0.25) is 0 Å². The van der Waals surface area contributed by atoms with Crippen molar-refractivity contribution >= 4 is 43.7 Å². The van der Waals surface area contributed by atoms with Gasteiger partial charge in [-0.2, -0.15) is 0 Å². The van der Waals surface area contributed by atoms with Crippen molar-refractivity contribution in [1.29, 1.82) is 0 Å². The third kappa shape index (κ3) is 2.61.